The zero-order valence-electron chi connectivity index (χ0n) is 7.88. The quantitative estimate of drug-likeness (QED) is 0.470. The summed E-state index contributed by atoms with van der Waals surface area (Å²) < 4.78 is 0. The largest absolute Gasteiger partial charge is 0.368 e. The van der Waals surface area contributed by atoms with Gasteiger partial charge >= 0.3 is 0 Å². The molecule has 5 nitrogen and oxygen atoms in total. The third-order valence-corrected chi connectivity index (χ3v) is 1.68. The van der Waals surface area contributed by atoms with Crippen LogP contribution in [0.25, 0.3) is 0 Å². The minimum absolute atomic E-state index is 0.0424. The highest BCUT2D eigenvalue weighted by Gasteiger charge is 2.07. The summed E-state index contributed by atoms with van der Waals surface area (Å²) in [5.41, 5.74) is 10.4. The van der Waals surface area contributed by atoms with Gasteiger partial charge in [-0.25, -0.2) is 0 Å². The fraction of sp³-hybridized carbons (Fsp3) is 0.750. The third-order valence-electron chi connectivity index (χ3n) is 1.68. The van der Waals surface area contributed by atoms with E-state index in [9.17, 15) is 9.59 Å². The number of hydrogen-bond donors (Lipinski definition) is 3. The molecule has 0 aliphatic rings. The SMILES string of the molecule is CC(=O)NCCCC[C@H](N)C(N)=O. The predicted molar refractivity (Wildman–Crippen MR) is 49.7 cm³/mol. The van der Waals surface area contributed by atoms with Crippen molar-refractivity contribution in [3.05, 3.63) is 0 Å². The first kappa shape index (κ1) is 11.9. The second kappa shape index (κ2) is 6.42. The first-order chi connectivity index (χ1) is 6.04. The number of amides is 2. The van der Waals surface area contributed by atoms with E-state index in [2.05, 4.69) is 5.32 Å². The topological polar surface area (TPSA) is 98.2 Å². The summed E-state index contributed by atoms with van der Waals surface area (Å²) in [6, 6.07) is -0.558. The molecule has 0 aliphatic heterocycles. The van der Waals surface area contributed by atoms with Gasteiger partial charge in [-0.3, -0.25) is 9.59 Å². The summed E-state index contributed by atoms with van der Waals surface area (Å²) in [6.07, 6.45) is 2.19. The number of hydrogen-bond acceptors (Lipinski definition) is 3. The van der Waals surface area contributed by atoms with Crippen molar-refractivity contribution in [2.75, 3.05) is 6.54 Å². The summed E-state index contributed by atoms with van der Waals surface area (Å²) in [4.78, 5) is 20.9. The zero-order valence-corrected chi connectivity index (χ0v) is 7.88. The summed E-state index contributed by atoms with van der Waals surface area (Å²) in [5.74, 6) is -0.515. The molecule has 13 heavy (non-hydrogen) atoms. The number of nitrogens with two attached hydrogens (primary N) is 2. The van der Waals surface area contributed by atoms with Crippen molar-refractivity contribution in [1.82, 2.24) is 5.32 Å². The number of carbonyl (C=O) groups is 2. The highest BCUT2D eigenvalue weighted by molar-refractivity contribution is 5.79. The van der Waals surface area contributed by atoms with Crippen molar-refractivity contribution in [1.29, 1.82) is 0 Å². The smallest absolute Gasteiger partial charge is 0.234 e. The first-order valence-corrected chi connectivity index (χ1v) is 4.33. The Balaban J connectivity index is 3.26. The van der Waals surface area contributed by atoms with Gasteiger partial charge in [-0.15, -0.1) is 0 Å². The number of primary amides is 1. The van der Waals surface area contributed by atoms with Gasteiger partial charge in [0, 0.05) is 13.5 Å². The van der Waals surface area contributed by atoms with Gasteiger partial charge < -0.3 is 16.8 Å². The van der Waals surface area contributed by atoms with E-state index in [1.165, 1.54) is 6.92 Å². The fourth-order valence-corrected chi connectivity index (χ4v) is 0.896. The standard InChI is InChI=1S/C8H17N3O2/c1-6(12)11-5-3-2-4-7(9)8(10)13/h7H,2-5,9H2,1H3,(H2,10,13)(H,11,12)/t7-/m0/s1. The average Bonchev–Trinajstić information content (AvgIpc) is 2.02. The zero-order chi connectivity index (χ0) is 10.3. The lowest BCUT2D eigenvalue weighted by molar-refractivity contribution is -0.120. The predicted octanol–water partition coefficient (Wildman–Crippen LogP) is -0.895. The Morgan fingerprint density at radius 1 is 1.38 bits per heavy atom. The minimum Gasteiger partial charge on any atom is -0.368 e. The maximum absolute atomic E-state index is 10.5. The van der Waals surface area contributed by atoms with Crippen molar-refractivity contribution in [2.45, 2.75) is 32.2 Å². The molecule has 5 heteroatoms. The van der Waals surface area contributed by atoms with Crippen LogP contribution in [-0.4, -0.2) is 24.4 Å². The van der Waals surface area contributed by atoms with Crippen LogP contribution in [0, 0.1) is 0 Å². The van der Waals surface area contributed by atoms with Crippen LogP contribution >= 0.6 is 0 Å². The van der Waals surface area contributed by atoms with Crippen molar-refractivity contribution in [2.24, 2.45) is 11.5 Å². The molecule has 1 atom stereocenters. The molecular formula is C8H17N3O2. The van der Waals surface area contributed by atoms with Gasteiger partial charge in [0.25, 0.3) is 0 Å². The van der Waals surface area contributed by atoms with Crippen LogP contribution in [0.4, 0.5) is 0 Å². The maximum Gasteiger partial charge on any atom is 0.234 e. The average molecular weight is 187 g/mol. The molecular weight excluding hydrogens is 170 g/mol. The van der Waals surface area contributed by atoms with Crippen molar-refractivity contribution < 1.29 is 9.59 Å². The second-order valence-electron chi connectivity index (χ2n) is 2.99. The van der Waals surface area contributed by atoms with Crippen LogP contribution in [-0.2, 0) is 9.59 Å². The van der Waals surface area contributed by atoms with E-state index in [1.807, 2.05) is 0 Å². The maximum atomic E-state index is 10.5. The molecule has 0 aromatic rings. The van der Waals surface area contributed by atoms with Crippen LogP contribution in [0.3, 0.4) is 0 Å². The molecule has 0 fully saturated rings. The Kier molecular flexibility index (Phi) is 5.88. The Morgan fingerprint density at radius 2 is 2.00 bits per heavy atom. The molecule has 0 rings (SSSR count). The molecule has 0 heterocycles. The van der Waals surface area contributed by atoms with E-state index in [0.29, 0.717) is 13.0 Å². The normalized spacial score (nSPS) is 12.2. The molecule has 0 spiro atoms. The van der Waals surface area contributed by atoms with Crippen LogP contribution in [0.5, 0.6) is 0 Å². The van der Waals surface area contributed by atoms with E-state index >= 15 is 0 Å². The molecule has 0 aromatic carbocycles. The Bertz CT molecular complexity index is 182. The number of rotatable bonds is 6. The number of unbranched alkanes of at least 4 members (excludes halogenated alkanes) is 1. The number of carbonyl (C=O) groups excluding carboxylic acids is 2. The van der Waals surface area contributed by atoms with Gasteiger partial charge in [-0.1, -0.05) is 0 Å². The Hall–Kier alpha value is -1.10. The monoisotopic (exact) mass is 187 g/mol. The molecule has 0 saturated carbocycles. The molecule has 0 unspecified atom stereocenters. The van der Waals surface area contributed by atoms with Gasteiger partial charge in [-0.2, -0.15) is 0 Å². The van der Waals surface area contributed by atoms with Gasteiger partial charge in [0.05, 0.1) is 6.04 Å². The molecule has 2 amide bonds. The Morgan fingerprint density at radius 3 is 2.46 bits per heavy atom. The lowest BCUT2D eigenvalue weighted by Crippen LogP contribution is -2.36. The summed E-state index contributed by atoms with van der Waals surface area (Å²) in [7, 11) is 0. The van der Waals surface area contributed by atoms with Gasteiger partial charge in [0.1, 0.15) is 0 Å². The van der Waals surface area contributed by atoms with Crippen LogP contribution < -0.4 is 16.8 Å². The van der Waals surface area contributed by atoms with E-state index in [-0.39, 0.29) is 5.91 Å². The second-order valence-corrected chi connectivity index (χ2v) is 2.99. The summed E-state index contributed by atoms with van der Waals surface area (Å²) >= 11 is 0. The van der Waals surface area contributed by atoms with E-state index < -0.39 is 11.9 Å². The molecule has 0 saturated heterocycles. The highest BCUT2D eigenvalue weighted by Crippen LogP contribution is 1.97. The van der Waals surface area contributed by atoms with Crippen molar-refractivity contribution in [3.8, 4) is 0 Å². The number of nitrogens with one attached hydrogen (secondary N) is 1. The first-order valence-electron chi connectivity index (χ1n) is 4.33. The van der Waals surface area contributed by atoms with Crippen LogP contribution in [0.2, 0.25) is 0 Å². The van der Waals surface area contributed by atoms with Crippen LogP contribution in [0.15, 0.2) is 0 Å². The summed E-state index contributed by atoms with van der Waals surface area (Å²) in [6.45, 7) is 2.09. The molecule has 76 valence electrons. The third kappa shape index (κ3) is 7.27. The Labute approximate surface area is 77.8 Å². The highest BCUT2D eigenvalue weighted by atomic mass is 16.1. The fourth-order valence-electron chi connectivity index (χ4n) is 0.896. The molecule has 0 radical (unpaired) electrons. The molecule has 0 aliphatic carbocycles. The van der Waals surface area contributed by atoms with Crippen molar-refractivity contribution in [3.63, 3.8) is 0 Å². The molecule has 0 aromatic heterocycles. The minimum atomic E-state index is -0.558. The van der Waals surface area contributed by atoms with E-state index in [1.54, 1.807) is 0 Å². The lowest BCUT2D eigenvalue weighted by Gasteiger charge is -2.06. The summed E-state index contributed by atoms with van der Waals surface area (Å²) in [5, 5.41) is 2.65. The van der Waals surface area contributed by atoms with E-state index in [0.717, 1.165) is 12.8 Å². The van der Waals surface area contributed by atoms with Crippen molar-refractivity contribution >= 4 is 11.8 Å². The molecule has 5 N–H and O–H groups in total. The van der Waals surface area contributed by atoms with Gasteiger partial charge in [0.15, 0.2) is 0 Å². The van der Waals surface area contributed by atoms with Crippen LogP contribution in [0.1, 0.15) is 26.2 Å². The van der Waals surface area contributed by atoms with E-state index in [4.69, 9.17) is 11.5 Å². The molecule has 0 bridgehead atoms. The lowest BCUT2D eigenvalue weighted by atomic mass is 10.1. The van der Waals surface area contributed by atoms with Gasteiger partial charge in [-0.05, 0) is 19.3 Å². The van der Waals surface area contributed by atoms with Gasteiger partial charge in [0.2, 0.25) is 11.8 Å².